The third-order valence-corrected chi connectivity index (χ3v) is 8.14. The van der Waals surface area contributed by atoms with E-state index < -0.39 is 42.4 Å². The summed E-state index contributed by atoms with van der Waals surface area (Å²) >= 11 is 0. The van der Waals surface area contributed by atoms with Crippen molar-refractivity contribution in [1.82, 2.24) is 0 Å². The van der Waals surface area contributed by atoms with Crippen molar-refractivity contribution in [2.75, 3.05) is 0 Å². The molecule has 1 saturated heterocycles. The highest BCUT2D eigenvalue weighted by molar-refractivity contribution is 5.17. The number of hydrogen-bond acceptors (Lipinski definition) is 6. The summed E-state index contributed by atoms with van der Waals surface area (Å²) in [6.07, 6.45) is 1.33. The van der Waals surface area contributed by atoms with Crippen molar-refractivity contribution >= 4 is 0 Å². The highest BCUT2D eigenvalue weighted by Gasteiger charge is 2.61. The van der Waals surface area contributed by atoms with Crippen LogP contribution < -0.4 is 0 Å². The SMILES string of the molecule is O[C@@H]1[C@@H](OCc2ccccc2)[C@H]2OC3(CCCCC3)O[C@H]2[C@H](OCc2ccccc2)[C@H]1OCc1ccccc1. The Morgan fingerprint density at radius 3 is 1.46 bits per heavy atom. The highest BCUT2D eigenvalue weighted by Crippen LogP contribution is 2.47. The summed E-state index contributed by atoms with van der Waals surface area (Å²) in [6, 6.07) is 30.1. The zero-order valence-electron chi connectivity index (χ0n) is 22.3. The first-order valence-electron chi connectivity index (χ1n) is 14.2. The number of rotatable bonds is 9. The standard InChI is InChI=1S/C33H38O6/c34-27-28(35-21-24-13-5-1-6-14-24)30(37-23-26-17-9-3-10-18-26)32-31(38-33(39-32)19-11-4-12-20-33)29(27)36-22-25-15-7-2-8-16-25/h1-3,5-10,13-18,27-32,34H,4,11-12,19-23H2/t27-,28-,29+,30+,31+,32-/m0/s1. The van der Waals surface area contributed by atoms with Crippen LogP contribution in [0, 0.1) is 0 Å². The largest absolute Gasteiger partial charge is 0.387 e. The van der Waals surface area contributed by atoms with Crippen LogP contribution in [0.3, 0.4) is 0 Å². The summed E-state index contributed by atoms with van der Waals surface area (Å²) < 4.78 is 32.9. The highest BCUT2D eigenvalue weighted by atomic mass is 16.8. The van der Waals surface area contributed by atoms with Gasteiger partial charge in [0.2, 0.25) is 0 Å². The molecule has 6 atom stereocenters. The van der Waals surface area contributed by atoms with Gasteiger partial charge in [-0.2, -0.15) is 0 Å². The van der Waals surface area contributed by atoms with Gasteiger partial charge in [-0.25, -0.2) is 0 Å². The molecule has 0 unspecified atom stereocenters. The third-order valence-electron chi connectivity index (χ3n) is 8.14. The Morgan fingerprint density at radius 1 is 0.564 bits per heavy atom. The molecule has 0 bridgehead atoms. The lowest BCUT2D eigenvalue weighted by Crippen LogP contribution is -2.64. The molecule has 2 saturated carbocycles. The molecule has 0 amide bonds. The fourth-order valence-electron chi connectivity index (χ4n) is 6.13. The van der Waals surface area contributed by atoms with Gasteiger partial charge in [-0.1, -0.05) is 97.4 Å². The van der Waals surface area contributed by atoms with Crippen molar-refractivity contribution in [3.8, 4) is 0 Å². The van der Waals surface area contributed by atoms with Gasteiger partial charge in [0.25, 0.3) is 0 Å². The summed E-state index contributed by atoms with van der Waals surface area (Å²) in [6.45, 7) is 1.10. The van der Waals surface area contributed by atoms with Crippen LogP contribution in [-0.2, 0) is 43.5 Å². The lowest BCUT2D eigenvalue weighted by Gasteiger charge is -2.44. The van der Waals surface area contributed by atoms with Gasteiger partial charge in [0.05, 0.1) is 19.8 Å². The van der Waals surface area contributed by atoms with Gasteiger partial charge in [-0.3, -0.25) is 0 Å². The van der Waals surface area contributed by atoms with E-state index in [-0.39, 0.29) is 0 Å². The van der Waals surface area contributed by atoms with E-state index in [1.807, 2.05) is 91.0 Å². The van der Waals surface area contributed by atoms with Crippen LogP contribution in [0.1, 0.15) is 48.8 Å². The first-order chi connectivity index (χ1) is 19.2. The molecule has 3 aromatic rings. The van der Waals surface area contributed by atoms with Crippen LogP contribution in [0.4, 0.5) is 0 Å². The molecule has 6 nitrogen and oxygen atoms in total. The fraction of sp³-hybridized carbons (Fsp3) is 0.455. The first kappa shape index (κ1) is 26.6. The lowest BCUT2D eigenvalue weighted by atomic mass is 9.84. The van der Waals surface area contributed by atoms with Gasteiger partial charge in [-0.05, 0) is 29.5 Å². The van der Waals surface area contributed by atoms with E-state index in [0.29, 0.717) is 19.8 Å². The monoisotopic (exact) mass is 530 g/mol. The predicted octanol–water partition coefficient (Wildman–Crippen LogP) is 5.56. The van der Waals surface area contributed by atoms with Crippen molar-refractivity contribution < 1.29 is 28.8 Å². The Kier molecular flexibility index (Phi) is 8.40. The minimum Gasteiger partial charge on any atom is -0.387 e. The van der Waals surface area contributed by atoms with Gasteiger partial charge in [0, 0.05) is 12.8 Å². The average molecular weight is 531 g/mol. The number of fused-ring (bicyclic) bond motifs is 1. The molecule has 0 aromatic heterocycles. The molecule has 1 spiro atoms. The van der Waals surface area contributed by atoms with Gasteiger partial charge in [0.15, 0.2) is 5.79 Å². The quantitative estimate of drug-likeness (QED) is 0.391. The van der Waals surface area contributed by atoms with Crippen LogP contribution >= 0.6 is 0 Å². The van der Waals surface area contributed by atoms with E-state index in [0.717, 1.165) is 42.4 Å². The van der Waals surface area contributed by atoms with Crippen molar-refractivity contribution in [2.24, 2.45) is 0 Å². The predicted molar refractivity (Wildman–Crippen MR) is 147 cm³/mol. The van der Waals surface area contributed by atoms with Crippen molar-refractivity contribution in [3.63, 3.8) is 0 Å². The summed E-state index contributed by atoms with van der Waals surface area (Å²) in [7, 11) is 0. The Bertz CT molecular complexity index is 1150. The molecule has 3 fully saturated rings. The van der Waals surface area contributed by atoms with Crippen molar-refractivity contribution in [3.05, 3.63) is 108 Å². The Labute approximate surface area is 230 Å². The minimum absolute atomic E-state index is 0.350. The van der Waals surface area contributed by atoms with Crippen LogP contribution in [-0.4, -0.2) is 47.5 Å². The van der Waals surface area contributed by atoms with E-state index in [1.165, 1.54) is 6.42 Å². The molecule has 1 heterocycles. The summed E-state index contributed by atoms with van der Waals surface area (Å²) in [5.41, 5.74) is 3.12. The molecule has 2 aliphatic carbocycles. The number of aliphatic hydroxyl groups is 1. The van der Waals surface area contributed by atoms with Crippen LogP contribution in [0.5, 0.6) is 0 Å². The van der Waals surface area contributed by atoms with E-state index >= 15 is 0 Å². The number of ether oxygens (including phenoxy) is 5. The van der Waals surface area contributed by atoms with E-state index in [4.69, 9.17) is 23.7 Å². The number of hydrogen-bond donors (Lipinski definition) is 1. The zero-order chi connectivity index (χ0) is 26.5. The second-order valence-electron chi connectivity index (χ2n) is 10.9. The second kappa shape index (κ2) is 12.3. The maximum atomic E-state index is 11.8. The Morgan fingerprint density at radius 2 is 0.974 bits per heavy atom. The Hall–Kier alpha value is -2.58. The van der Waals surface area contributed by atoms with E-state index in [1.54, 1.807) is 0 Å². The zero-order valence-corrected chi connectivity index (χ0v) is 22.3. The lowest BCUT2D eigenvalue weighted by molar-refractivity contribution is -0.238. The van der Waals surface area contributed by atoms with Gasteiger partial charge < -0.3 is 28.8 Å². The molecular formula is C33H38O6. The fourth-order valence-corrected chi connectivity index (χ4v) is 6.13. The molecule has 1 N–H and O–H groups in total. The molecule has 1 aliphatic heterocycles. The summed E-state index contributed by atoms with van der Waals surface area (Å²) in [4.78, 5) is 0. The van der Waals surface area contributed by atoms with Gasteiger partial charge in [0.1, 0.15) is 36.6 Å². The Balaban J connectivity index is 1.29. The first-order valence-corrected chi connectivity index (χ1v) is 14.2. The summed E-state index contributed by atoms with van der Waals surface area (Å²) in [5, 5.41) is 11.8. The second-order valence-corrected chi connectivity index (χ2v) is 10.9. The molecule has 39 heavy (non-hydrogen) atoms. The van der Waals surface area contributed by atoms with Crippen molar-refractivity contribution in [1.29, 1.82) is 0 Å². The topological polar surface area (TPSA) is 66.4 Å². The van der Waals surface area contributed by atoms with Crippen molar-refractivity contribution in [2.45, 2.75) is 94.3 Å². The molecule has 3 aromatic carbocycles. The molecule has 6 rings (SSSR count). The van der Waals surface area contributed by atoms with Crippen LogP contribution in [0.25, 0.3) is 0 Å². The molecule has 206 valence electrons. The third kappa shape index (κ3) is 6.12. The van der Waals surface area contributed by atoms with E-state index in [9.17, 15) is 5.11 Å². The van der Waals surface area contributed by atoms with Gasteiger partial charge in [-0.15, -0.1) is 0 Å². The maximum absolute atomic E-state index is 11.8. The van der Waals surface area contributed by atoms with Crippen LogP contribution in [0.15, 0.2) is 91.0 Å². The normalized spacial score (nSPS) is 29.8. The maximum Gasteiger partial charge on any atom is 0.169 e. The number of aliphatic hydroxyl groups excluding tert-OH is 1. The molecular weight excluding hydrogens is 492 g/mol. The smallest absolute Gasteiger partial charge is 0.169 e. The molecule has 0 radical (unpaired) electrons. The summed E-state index contributed by atoms with van der Waals surface area (Å²) in [5.74, 6) is -0.662. The van der Waals surface area contributed by atoms with Crippen LogP contribution in [0.2, 0.25) is 0 Å². The molecule has 3 aliphatic rings. The van der Waals surface area contributed by atoms with Gasteiger partial charge >= 0.3 is 0 Å². The number of benzene rings is 3. The molecule has 6 heteroatoms. The minimum atomic E-state index is -0.957. The average Bonchev–Trinajstić information content (AvgIpc) is 3.34. The van der Waals surface area contributed by atoms with E-state index in [2.05, 4.69) is 0 Å².